The Bertz CT molecular complexity index is 968. The van der Waals surface area contributed by atoms with E-state index in [4.69, 9.17) is 0 Å². The zero-order valence-electron chi connectivity index (χ0n) is 14.4. The van der Waals surface area contributed by atoms with Crippen LogP contribution in [0.5, 0.6) is 0 Å². The standard InChI is InChI=1S/C19H17BrFN5O/c20-13-4-5-16(22-10-13)25-19(27)12-6-8-26(9-7-12)18-17-14(21)2-1-3-15(17)23-11-24-18/h1-5,10-12H,6-9H2,(H,22,25,27). The van der Waals surface area contributed by atoms with E-state index in [0.29, 0.717) is 48.5 Å². The van der Waals surface area contributed by atoms with Gasteiger partial charge in [-0.3, -0.25) is 4.79 Å². The van der Waals surface area contributed by atoms with Gasteiger partial charge in [0.25, 0.3) is 0 Å². The fourth-order valence-corrected chi connectivity index (χ4v) is 3.56. The minimum atomic E-state index is -0.329. The Morgan fingerprint density at radius 1 is 1.15 bits per heavy atom. The van der Waals surface area contributed by atoms with Crippen molar-refractivity contribution in [1.82, 2.24) is 15.0 Å². The summed E-state index contributed by atoms with van der Waals surface area (Å²) in [4.78, 5) is 27.1. The van der Waals surface area contributed by atoms with Gasteiger partial charge in [0, 0.05) is 29.7 Å². The van der Waals surface area contributed by atoms with Crippen molar-refractivity contribution >= 4 is 44.4 Å². The summed E-state index contributed by atoms with van der Waals surface area (Å²) < 4.78 is 15.2. The SMILES string of the molecule is O=C(Nc1ccc(Br)cn1)C1CCN(c2ncnc3cccc(F)c23)CC1. The molecule has 3 aromatic rings. The van der Waals surface area contributed by atoms with E-state index in [1.165, 1.54) is 12.4 Å². The van der Waals surface area contributed by atoms with Crippen LogP contribution in [0.15, 0.2) is 47.3 Å². The molecule has 0 unspecified atom stereocenters. The Morgan fingerprint density at radius 2 is 1.96 bits per heavy atom. The summed E-state index contributed by atoms with van der Waals surface area (Å²) in [5, 5.41) is 3.29. The number of anilines is 2. The number of pyridine rings is 1. The van der Waals surface area contributed by atoms with Crippen molar-refractivity contribution in [2.24, 2.45) is 5.92 Å². The highest BCUT2D eigenvalue weighted by Crippen LogP contribution is 2.29. The van der Waals surface area contributed by atoms with Gasteiger partial charge in [-0.2, -0.15) is 0 Å². The fraction of sp³-hybridized carbons (Fsp3) is 0.263. The summed E-state index contributed by atoms with van der Waals surface area (Å²) in [7, 11) is 0. The molecule has 1 fully saturated rings. The summed E-state index contributed by atoms with van der Waals surface area (Å²) in [6.45, 7) is 1.26. The Kier molecular flexibility index (Phi) is 4.98. The van der Waals surface area contributed by atoms with Gasteiger partial charge < -0.3 is 10.2 Å². The molecule has 0 spiro atoms. The molecule has 6 nitrogen and oxygen atoms in total. The molecule has 0 atom stereocenters. The van der Waals surface area contributed by atoms with Crippen LogP contribution in [0, 0.1) is 11.7 Å². The summed E-state index contributed by atoms with van der Waals surface area (Å²) in [5.74, 6) is 0.651. The number of fused-ring (bicyclic) bond motifs is 1. The van der Waals surface area contributed by atoms with Crippen molar-refractivity contribution in [3.05, 3.63) is 53.1 Å². The molecule has 1 saturated heterocycles. The number of halogens is 2. The maximum Gasteiger partial charge on any atom is 0.228 e. The van der Waals surface area contributed by atoms with Crippen LogP contribution in [-0.4, -0.2) is 33.9 Å². The molecule has 138 valence electrons. The average Bonchev–Trinajstić information content (AvgIpc) is 2.70. The van der Waals surface area contributed by atoms with Gasteiger partial charge in [0.2, 0.25) is 5.91 Å². The maximum absolute atomic E-state index is 14.3. The van der Waals surface area contributed by atoms with Gasteiger partial charge in [-0.15, -0.1) is 0 Å². The Balaban J connectivity index is 1.45. The molecule has 1 aromatic carbocycles. The van der Waals surface area contributed by atoms with E-state index in [2.05, 4.69) is 36.2 Å². The highest BCUT2D eigenvalue weighted by atomic mass is 79.9. The summed E-state index contributed by atoms with van der Waals surface area (Å²) in [5.41, 5.74) is 0.584. The quantitative estimate of drug-likeness (QED) is 0.685. The number of hydrogen-bond acceptors (Lipinski definition) is 5. The lowest BCUT2D eigenvalue weighted by atomic mass is 9.95. The van der Waals surface area contributed by atoms with Crippen LogP contribution < -0.4 is 10.2 Å². The average molecular weight is 430 g/mol. The number of aromatic nitrogens is 3. The number of nitrogens with zero attached hydrogens (tertiary/aromatic N) is 4. The third-order valence-electron chi connectivity index (χ3n) is 4.74. The minimum absolute atomic E-state index is 0.0387. The molecule has 0 radical (unpaired) electrons. The number of nitrogens with one attached hydrogen (secondary N) is 1. The van der Waals surface area contributed by atoms with Crippen LogP contribution in [-0.2, 0) is 4.79 Å². The number of rotatable bonds is 3. The molecule has 2 aromatic heterocycles. The Hall–Kier alpha value is -2.61. The third-order valence-corrected chi connectivity index (χ3v) is 5.21. The van der Waals surface area contributed by atoms with Crippen LogP contribution in [0.3, 0.4) is 0 Å². The van der Waals surface area contributed by atoms with Crippen LogP contribution >= 0.6 is 15.9 Å². The highest BCUT2D eigenvalue weighted by molar-refractivity contribution is 9.10. The summed E-state index contributed by atoms with van der Waals surface area (Å²) in [6.07, 6.45) is 4.44. The normalized spacial score (nSPS) is 15.1. The van der Waals surface area contributed by atoms with Crippen molar-refractivity contribution in [2.75, 3.05) is 23.3 Å². The molecule has 3 heterocycles. The zero-order chi connectivity index (χ0) is 18.8. The molecule has 1 N–H and O–H groups in total. The van der Waals surface area contributed by atoms with Crippen LogP contribution in [0.25, 0.3) is 10.9 Å². The lowest BCUT2D eigenvalue weighted by Crippen LogP contribution is -2.38. The van der Waals surface area contributed by atoms with Gasteiger partial charge in [-0.1, -0.05) is 6.07 Å². The predicted octanol–water partition coefficient (Wildman–Crippen LogP) is 3.78. The molecule has 0 saturated carbocycles. The van der Waals surface area contributed by atoms with Gasteiger partial charge in [0.15, 0.2) is 0 Å². The lowest BCUT2D eigenvalue weighted by Gasteiger charge is -2.32. The second-order valence-electron chi connectivity index (χ2n) is 6.44. The van der Waals surface area contributed by atoms with Gasteiger partial charge in [0.1, 0.15) is 23.8 Å². The highest BCUT2D eigenvalue weighted by Gasteiger charge is 2.27. The molecule has 1 amide bonds. The topological polar surface area (TPSA) is 71.0 Å². The first-order chi connectivity index (χ1) is 13.1. The molecule has 1 aliphatic heterocycles. The van der Waals surface area contributed by atoms with E-state index in [-0.39, 0.29) is 17.6 Å². The van der Waals surface area contributed by atoms with Crippen molar-refractivity contribution in [3.8, 4) is 0 Å². The maximum atomic E-state index is 14.3. The number of carbonyl (C=O) groups excluding carboxylic acids is 1. The van der Waals surface area contributed by atoms with Crippen LogP contribution in [0.2, 0.25) is 0 Å². The second-order valence-corrected chi connectivity index (χ2v) is 7.36. The van der Waals surface area contributed by atoms with E-state index in [1.54, 1.807) is 24.4 Å². The number of hydrogen-bond donors (Lipinski definition) is 1. The van der Waals surface area contributed by atoms with Crippen molar-refractivity contribution in [3.63, 3.8) is 0 Å². The first kappa shape index (κ1) is 17.8. The van der Waals surface area contributed by atoms with Gasteiger partial charge in [-0.05, 0) is 53.0 Å². The minimum Gasteiger partial charge on any atom is -0.356 e. The van der Waals surface area contributed by atoms with Crippen molar-refractivity contribution in [2.45, 2.75) is 12.8 Å². The molecule has 27 heavy (non-hydrogen) atoms. The monoisotopic (exact) mass is 429 g/mol. The first-order valence-corrected chi connectivity index (χ1v) is 9.48. The zero-order valence-corrected chi connectivity index (χ0v) is 16.0. The smallest absolute Gasteiger partial charge is 0.228 e. The van der Waals surface area contributed by atoms with E-state index >= 15 is 0 Å². The molecule has 0 aliphatic carbocycles. The third kappa shape index (κ3) is 3.75. The molecular weight excluding hydrogens is 413 g/mol. The molecule has 1 aliphatic rings. The second kappa shape index (κ2) is 7.56. The first-order valence-electron chi connectivity index (χ1n) is 8.68. The van der Waals surface area contributed by atoms with Crippen LogP contribution in [0.1, 0.15) is 12.8 Å². The van der Waals surface area contributed by atoms with Gasteiger partial charge in [-0.25, -0.2) is 19.3 Å². The Morgan fingerprint density at radius 3 is 2.70 bits per heavy atom. The van der Waals surface area contributed by atoms with E-state index in [0.717, 1.165) is 4.47 Å². The summed E-state index contributed by atoms with van der Waals surface area (Å²) in [6, 6.07) is 8.42. The lowest BCUT2D eigenvalue weighted by molar-refractivity contribution is -0.120. The fourth-order valence-electron chi connectivity index (χ4n) is 3.32. The van der Waals surface area contributed by atoms with Crippen molar-refractivity contribution < 1.29 is 9.18 Å². The van der Waals surface area contributed by atoms with Crippen LogP contribution in [0.4, 0.5) is 16.0 Å². The largest absolute Gasteiger partial charge is 0.356 e. The summed E-state index contributed by atoms with van der Waals surface area (Å²) >= 11 is 3.32. The molecule has 4 rings (SSSR count). The molecule has 0 bridgehead atoms. The number of benzene rings is 1. The molecular formula is C19H17BrFN5O. The van der Waals surface area contributed by atoms with Gasteiger partial charge in [0.05, 0.1) is 10.9 Å². The van der Waals surface area contributed by atoms with E-state index in [9.17, 15) is 9.18 Å². The number of carbonyl (C=O) groups is 1. The van der Waals surface area contributed by atoms with E-state index < -0.39 is 0 Å². The molecule has 8 heteroatoms. The Labute approximate surface area is 164 Å². The predicted molar refractivity (Wildman–Crippen MR) is 105 cm³/mol. The number of amides is 1. The van der Waals surface area contributed by atoms with Crippen molar-refractivity contribution in [1.29, 1.82) is 0 Å². The van der Waals surface area contributed by atoms with Gasteiger partial charge >= 0.3 is 0 Å². The number of piperidine rings is 1. The van der Waals surface area contributed by atoms with E-state index in [1.807, 2.05) is 11.0 Å².